The van der Waals surface area contributed by atoms with Gasteiger partial charge in [-0.05, 0) is 29.9 Å². The van der Waals surface area contributed by atoms with Crippen LogP contribution in [0.2, 0.25) is 0 Å². The number of aryl methyl sites for hydroxylation is 1. The number of nitrogens with one attached hydrogen (secondary N) is 1. The zero-order chi connectivity index (χ0) is 18.8. The first-order valence-electron chi connectivity index (χ1n) is 9.33. The first-order valence-corrected chi connectivity index (χ1v) is 9.33. The Hall–Kier alpha value is -3.02. The number of aldehydes is 1. The maximum Gasteiger partial charge on any atom is 0.228 e. The molecule has 1 aromatic carbocycles. The van der Waals surface area contributed by atoms with Crippen molar-refractivity contribution < 1.29 is 9.59 Å². The van der Waals surface area contributed by atoms with Crippen molar-refractivity contribution in [3.05, 3.63) is 42.4 Å². The zero-order valence-corrected chi connectivity index (χ0v) is 15.3. The molecule has 1 fully saturated rings. The summed E-state index contributed by atoms with van der Waals surface area (Å²) in [6.45, 7) is 0. The number of carbonyl (C=O) groups is 2. The summed E-state index contributed by atoms with van der Waals surface area (Å²) in [4.78, 5) is 28.8. The minimum atomic E-state index is -0.0342. The van der Waals surface area contributed by atoms with Gasteiger partial charge in [-0.3, -0.25) is 14.3 Å². The largest absolute Gasteiger partial charge is 0.310 e. The molecule has 27 heavy (non-hydrogen) atoms. The Labute approximate surface area is 157 Å². The van der Waals surface area contributed by atoms with Crippen molar-refractivity contribution in [2.24, 2.45) is 13.0 Å². The van der Waals surface area contributed by atoms with Crippen LogP contribution in [-0.2, 0) is 11.8 Å². The molecule has 0 saturated heterocycles. The molecular weight excluding hydrogens is 340 g/mol. The molecule has 2 heterocycles. The summed E-state index contributed by atoms with van der Waals surface area (Å²) >= 11 is 0. The summed E-state index contributed by atoms with van der Waals surface area (Å²) in [5.41, 5.74) is 2.36. The van der Waals surface area contributed by atoms with Crippen LogP contribution in [0.4, 0.5) is 5.82 Å². The fourth-order valence-electron chi connectivity index (χ4n) is 3.79. The minimum absolute atomic E-state index is 0.0116. The third-order valence-electron chi connectivity index (χ3n) is 5.30. The minimum Gasteiger partial charge on any atom is -0.310 e. The molecule has 1 amide bonds. The second-order valence-corrected chi connectivity index (χ2v) is 7.17. The van der Waals surface area contributed by atoms with Crippen molar-refractivity contribution in [2.45, 2.75) is 32.1 Å². The van der Waals surface area contributed by atoms with Gasteiger partial charge in [0.15, 0.2) is 6.29 Å². The third kappa shape index (κ3) is 3.47. The summed E-state index contributed by atoms with van der Waals surface area (Å²) in [6, 6.07) is 5.87. The Morgan fingerprint density at radius 1 is 1.19 bits per heavy atom. The van der Waals surface area contributed by atoms with E-state index >= 15 is 0 Å². The van der Waals surface area contributed by atoms with Crippen LogP contribution in [-0.4, -0.2) is 27.0 Å². The number of carbonyl (C=O) groups excluding carboxylic acids is 2. The highest BCUT2D eigenvalue weighted by molar-refractivity contribution is 6.06. The van der Waals surface area contributed by atoms with Crippen molar-refractivity contribution in [3.8, 4) is 11.1 Å². The molecule has 1 N–H and O–H groups in total. The first-order chi connectivity index (χ1) is 13.2. The molecule has 0 unspecified atom stereocenters. The standard InChI is InChI=1S/C21H22N4O2/c1-25-12-17(11-23-25)15-7-8-16-10-22-20(19(13-26)18(16)9-15)24-21(27)14-5-3-2-4-6-14/h7-14H,2-6H2,1H3,(H,22,24,27). The van der Waals surface area contributed by atoms with Crippen LogP contribution in [0, 0.1) is 5.92 Å². The lowest BCUT2D eigenvalue weighted by atomic mass is 9.88. The number of rotatable bonds is 4. The van der Waals surface area contributed by atoms with Gasteiger partial charge in [-0.1, -0.05) is 31.4 Å². The molecule has 1 aliphatic carbocycles. The Bertz CT molecular complexity index is 1000. The Balaban J connectivity index is 1.70. The molecule has 3 aromatic rings. The van der Waals surface area contributed by atoms with Crippen molar-refractivity contribution in [1.82, 2.24) is 14.8 Å². The summed E-state index contributed by atoms with van der Waals surface area (Å²) in [5, 5.41) is 8.73. The van der Waals surface area contributed by atoms with E-state index in [9.17, 15) is 9.59 Å². The second kappa shape index (κ2) is 7.31. The average Bonchev–Trinajstić information content (AvgIpc) is 3.14. The molecule has 6 nitrogen and oxygen atoms in total. The second-order valence-electron chi connectivity index (χ2n) is 7.17. The Morgan fingerprint density at radius 2 is 2.00 bits per heavy atom. The van der Waals surface area contributed by atoms with Gasteiger partial charge in [0.2, 0.25) is 5.91 Å². The van der Waals surface area contributed by atoms with Gasteiger partial charge in [0.05, 0.1) is 11.8 Å². The van der Waals surface area contributed by atoms with E-state index in [1.165, 1.54) is 6.42 Å². The van der Waals surface area contributed by atoms with E-state index < -0.39 is 0 Å². The number of anilines is 1. The number of nitrogens with zero attached hydrogens (tertiary/aromatic N) is 3. The number of benzene rings is 1. The van der Waals surface area contributed by atoms with E-state index in [1.54, 1.807) is 17.1 Å². The lowest BCUT2D eigenvalue weighted by Crippen LogP contribution is -2.25. The van der Waals surface area contributed by atoms with Crippen LogP contribution in [0.1, 0.15) is 42.5 Å². The molecular formula is C21H22N4O2. The SMILES string of the molecule is Cn1cc(-c2ccc3cnc(NC(=O)C4CCCCC4)c(C=O)c3c2)cn1. The van der Waals surface area contributed by atoms with Crippen molar-refractivity contribution >= 4 is 28.8 Å². The van der Waals surface area contributed by atoms with Gasteiger partial charge < -0.3 is 5.32 Å². The summed E-state index contributed by atoms with van der Waals surface area (Å²) in [5.74, 6) is 0.321. The number of hydrogen-bond acceptors (Lipinski definition) is 4. The van der Waals surface area contributed by atoms with Crippen molar-refractivity contribution in [3.63, 3.8) is 0 Å². The highest BCUT2D eigenvalue weighted by Gasteiger charge is 2.22. The van der Waals surface area contributed by atoms with Gasteiger partial charge in [-0.15, -0.1) is 0 Å². The Morgan fingerprint density at radius 3 is 2.70 bits per heavy atom. The first kappa shape index (κ1) is 17.4. The third-order valence-corrected chi connectivity index (χ3v) is 5.30. The fraction of sp³-hybridized carbons (Fsp3) is 0.333. The van der Waals surface area contributed by atoms with Gasteiger partial charge in [0, 0.05) is 36.3 Å². The summed E-state index contributed by atoms with van der Waals surface area (Å²) in [6.07, 6.45) is 11.3. The maximum atomic E-state index is 12.6. The molecule has 2 aromatic heterocycles. The monoisotopic (exact) mass is 362 g/mol. The molecule has 0 bridgehead atoms. The number of fused-ring (bicyclic) bond motifs is 1. The lowest BCUT2D eigenvalue weighted by Gasteiger charge is -2.21. The van der Waals surface area contributed by atoms with Crippen LogP contribution >= 0.6 is 0 Å². The van der Waals surface area contributed by atoms with Crippen molar-refractivity contribution in [2.75, 3.05) is 5.32 Å². The van der Waals surface area contributed by atoms with Crippen molar-refractivity contribution in [1.29, 1.82) is 0 Å². The number of hydrogen-bond donors (Lipinski definition) is 1. The van der Waals surface area contributed by atoms with Gasteiger partial charge in [0.1, 0.15) is 5.82 Å². The number of pyridine rings is 1. The zero-order valence-electron chi connectivity index (χ0n) is 15.3. The number of amides is 1. The summed E-state index contributed by atoms with van der Waals surface area (Å²) in [7, 11) is 1.87. The van der Waals surface area contributed by atoms with E-state index in [-0.39, 0.29) is 11.8 Å². The highest BCUT2D eigenvalue weighted by Crippen LogP contribution is 2.30. The predicted octanol–water partition coefficient (Wildman–Crippen LogP) is 3.97. The topological polar surface area (TPSA) is 76.9 Å². The smallest absolute Gasteiger partial charge is 0.228 e. The predicted molar refractivity (Wildman–Crippen MR) is 105 cm³/mol. The van der Waals surface area contributed by atoms with E-state index in [2.05, 4.69) is 15.4 Å². The van der Waals surface area contributed by atoms with Crippen LogP contribution in [0.5, 0.6) is 0 Å². The van der Waals surface area contributed by atoms with Gasteiger partial charge in [0.25, 0.3) is 0 Å². The van der Waals surface area contributed by atoms with E-state index in [0.29, 0.717) is 11.4 Å². The van der Waals surface area contributed by atoms with Gasteiger partial charge >= 0.3 is 0 Å². The van der Waals surface area contributed by atoms with E-state index in [1.807, 2.05) is 31.4 Å². The van der Waals surface area contributed by atoms with Gasteiger partial charge in [-0.2, -0.15) is 5.10 Å². The molecule has 138 valence electrons. The molecule has 1 aliphatic rings. The Kier molecular flexibility index (Phi) is 4.71. The quantitative estimate of drug-likeness (QED) is 0.713. The molecule has 6 heteroatoms. The van der Waals surface area contributed by atoms with Crippen LogP contribution in [0.15, 0.2) is 36.8 Å². The van der Waals surface area contributed by atoms with E-state index in [0.717, 1.165) is 53.9 Å². The molecule has 4 rings (SSSR count). The molecule has 1 saturated carbocycles. The maximum absolute atomic E-state index is 12.6. The molecule has 0 spiro atoms. The average molecular weight is 362 g/mol. The van der Waals surface area contributed by atoms with Gasteiger partial charge in [-0.25, -0.2) is 4.98 Å². The molecule has 0 aliphatic heterocycles. The fourth-order valence-corrected chi connectivity index (χ4v) is 3.79. The molecule has 0 radical (unpaired) electrons. The van der Waals surface area contributed by atoms with Crippen LogP contribution in [0.25, 0.3) is 21.9 Å². The lowest BCUT2D eigenvalue weighted by molar-refractivity contribution is -0.120. The number of aromatic nitrogens is 3. The van der Waals surface area contributed by atoms with Crippen LogP contribution < -0.4 is 5.32 Å². The van der Waals surface area contributed by atoms with Crippen LogP contribution in [0.3, 0.4) is 0 Å². The highest BCUT2D eigenvalue weighted by atomic mass is 16.2. The molecule has 0 atom stereocenters. The summed E-state index contributed by atoms with van der Waals surface area (Å²) < 4.78 is 1.74. The normalized spacial score (nSPS) is 15.0. The van der Waals surface area contributed by atoms with E-state index in [4.69, 9.17) is 0 Å².